The molecule has 0 saturated heterocycles. The first kappa shape index (κ1) is 12.1. The Morgan fingerprint density at radius 2 is 2.00 bits per heavy atom. The SMILES string of the molecule is CCC(C#N)C(=O)Nc1cccc2ccccc12. The van der Waals surface area contributed by atoms with Crippen LogP contribution >= 0.6 is 0 Å². The first-order valence-electron chi connectivity index (χ1n) is 5.94. The van der Waals surface area contributed by atoms with Crippen molar-refractivity contribution < 1.29 is 4.79 Å². The normalized spacial score (nSPS) is 11.8. The number of nitrogens with zero attached hydrogens (tertiary/aromatic N) is 1. The van der Waals surface area contributed by atoms with Crippen molar-refractivity contribution in [2.24, 2.45) is 5.92 Å². The summed E-state index contributed by atoms with van der Waals surface area (Å²) in [6.45, 7) is 1.83. The molecule has 0 spiro atoms. The van der Waals surface area contributed by atoms with Crippen LogP contribution in [0, 0.1) is 17.2 Å². The van der Waals surface area contributed by atoms with Gasteiger partial charge in [0.1, 0.15) is 5.92 Å². The Balaban J connectivity index is 2.33. The summed E-state index contributed by atoms with van der Waals surface area (Å²) < 4.78 is 0. The highest BCUT2D eigenvalue weighted by molar-refractivity contribution is 6.03. The van der Waals surface area contributed by atoms with E-state index in [0.717, 1.165) is 16.5 Å². The molecule has 0 radical (unpaired) electrons. The van der Waals surface area contributed by atoms with Crippen molar-refractivity contribution in [3.05, 3.63) is 42.5 Å². The topological polar surface area (TPSA) is 52.9 Å². The summed E-state index contributed by atoms with van der Waals surface area (Å²) in [7, 11) is 0. The zero-order chi connectivity index (χ0) is 13.0. The Bertz CT molecular complexity index is 608. The number of carbonyl (C=O) groups excluding carboxylic acids is 1. The molecule has 2 rings (SSSR count). The highest BCUT2D eigenvalue weighted by atomic mass is 16.1. The number of hydrogen-bond donors (Lipinski definition) is 1. The van der Waals surface area contributed by atoms with Gasteiger partial charge in [0.2, 0.25) is 5.91 Å². The average Bonchev–Trinajstić information content (AvgIpc) is 2.40. The number of fused-ring (bicyclic) bond motifs is 1. The highest BCUT2D eigenvalue weighted by Crippen LogP contribution is 2.23. The number of anilines is 1. The molecule has 0 saturated carbocycles. The van der Waals surface area contributed by atoms with Gasteiger partial charge >= 0.3 is 0 Å². The van der Waals surface area contributed by atoms with Crippen LogP contribution < -0.4 is 5.32 Å². The second-order valence-corrected chi connectivity index (χ2v) is 4.11. The maximum Gasteiger partial charge on any atom is 0.241 e. The molecule has 2 aromatic rings. The lowest BCUT2D eigenvalue weighted by Crippen LogP contribution is -2.20. The molecule has 2 aromatic carbocycles. The lowest BCUT2D eigenvalue weighted by Gasteiger charge is -2.10. The minimum Gasteiger partial charge on any atom is -0.324 e. The van der Waals surface area contributed by atoms with Crippen molar-refractivity contribution >= 4 is 22.4 Å². The Hall–Kier alpha value is -2.34. The van der Waals surface area contributed by atoms with E-state index in [4.69, 9.17) is 5.26 Å². The van der Waals surface area contributed by atoms with E-state index in [0.29, 0.717) is 6.42 Å². The van der Waals surface area contributed by atoms with Crippen LogP contribution in [0.25, 0.3) is 10.8 Å². The smallest absolute Gasteiger partial charge is 0.241 e. The van der Waals surface area contributed by atoms with Gasteiger partial charge < -0.3 is 5.32 Å². The van der Waals surface area contributed by atoms with Gasteiger partial charge in [0.15, 0.2) is 0 Å². The van der Waals surface area contributed by atoms with E-state index in [9.17, 15) is 4.79 Å². The van der Waals surface area contributed by atoms with Crippen LogP contribution in [0.2, 0.25) is 0 Å². The van der Waals surface area contributed by atoms with Gasteiger partial charge in [-0.1, -0.05) is 43.3 Å². The van der Waals surface area contributed by atoms with Gasteiger partial charge in [0, 0.05) is 11.1 Å². The summed E-state index contributed by atoms with van der Waals surface area (Å²) in [5.41, 5.74) is 0.756. The molecule has 3 nitrogen and oxygen atoms in total. The molecule has 0 aliphatic heterocycles. The van der Waals surface area contributed by atoms with Gasteiger partial charge in [-0.15, -0.1) is 0 Å². The average molecular weight is 238 g/mol. The fourth-order valence-corrected chi connectivity index (χ4v) is 1.89. The van der Waals surface area contributed by atoms with E-state index < -0.39 is 5.92 Å². The number of hydrogen-bond acceptors (Lipinski definition) is 2. The molecule has 0 fully saturated rings. The van der Waals surface area contributed by atoms with Crippen LogP contribution in [0.5, 0.6) is 0 Å². The summed E-state index contributed by atoms with van der Waals surface area (Å²) in [5, 5.41) is 13.8. The lowest BCUT2D eigenvalue weighted by molar-refractivity contribution is -0.118. The standard InChI is InChI=1S/C15H14N2O/c1-2-11(10-16)15(18)17-14-9-5-7-12-6-3-4-8-13(12)14/h3-9,11H,2H2,1H3,(H,17,18). The molecule has 0 bridgehead atoms. The quantitative estimate of drug-likeness (QED) is 0.891. The monoisotopic (exact) mass is 238 g/mol. The van der Waals surface area contributed by atoms with Crippen molar-refractivity contribution in [3.63, 3.8) is 0 Å². The Labute approximate surface area is 106 Å². The summed E-state index contributed by atoms with van der Waals surface area (Å²) in [6, 6.07) is 15.6. The van der Waals surface area contributed by atoms with E-state index in [1.165, 1.54) is 0 Å². The molecule has 0 aliphatic rings. The largest absolute Gasteiger partial charge is 0.324 e. The molecule has 1 amide bonds. The van der Waals surface area contributed by atoms with Crippen LogP contribution in [-0.2, 0) is 4.79 Å². The summed E-state index contributed by atoms with van der Waals surface area (Å²) in [6.07, 6.45) is 0.521. The molecule has 0 aliphatic carbocycles. The van der Waals surface area contributed by atoms with E-state index >= 15 is 0 Å². The minimum atomic E-state index is -0.594. The van der Waals surface area contributed by atoms with Crippen molar-refractivity contribution in [1.82, 2.24) is 0 Å². The molecule has 1 unspecified atom stereocenters. The highest BCUT2D eigenvalue weighted by Gasteiger charge is 2.16. The van der Waals surface area contributed by atoms with Gasteiger partial charge in [0.05, 0.1) is 6.07 Å². The molecule has 1 N–H and O–H groups in total. The van der Waals surface area contributed by atoms with E-state index in [1.807, 2.05) is 55.5 Å². The Morgan fingerprint density at radius 1 is 1.28 bits per heavy atom. The van der Waals surface area contributed by atoms with Crippen LogP contribution in [-0.4, -0.2) is 5.91 Å². The second-order valence-electron chi connectivity index (χ2n) is 4.11. The molecule has 0 aromatic heterocycles. The van der Waals surface area contributed by atoms with Crippen LogP contribution in [0.3, 0.4) is 0 Å². The van der Waals surface area contributed by atoms with Crippen LogP contribution in [0.1, 0.15) is 13.3 Å². The first-order chi connectivity index (χ1) is 8.76. The fourth-order valence-electron chi connectivity index (χ4n) is 1.89. The lowest BCUT2D eigenvalue weighted by atomic mass is 10.1. The van der Waals surface area contributed by atoms with Crippen molar-refractivity contribution in [3.8, 4) is 6.07 Å². The van der Waals surface area contributed by atoms with Crippen molar-refractivity contribution in [1.29, 1.82) is 5.26 Å². The predicted octanol–water partition coefficient (Wildman–Crippen LogP) is 3.33. The number of nitrogens with one attached hydrogen (secondary N) is 1. The molecule has 3 heteroatoms. The Morgan fingerprint density at radius 3 is 2.72 bits per heavy atom. The van der Waals surface area contributed by atoms with Gasteiger partial charge in [-0.05, 0) is 17.9 Å². The molecule has 18 heavy (non-hydrogen) atoms. The first-order valence-corrected chi connectivity index (χ1v) is 5.94. The maximum atomic E-state index is 11.9. The second kappa shape index (κ2) is 5.33. The molecular formula is C15H14N2O. The minimum absolute atomic E-state index is 0.239. The summed E-state index contributed by atoms with van der Waals surface area (Å²) >= 11 is 0. The fraction of sp³-hybridized carbons (Fsp3) is 0.200. The number of amides is 1. The zero-order valence-corrected chi connectivity index (χ0v) is 10.2. The number of benzene rings is 2. The van der Waals surface area contributed by atoms with Crippen LogP contribution in [0.4, 0.5) is 5.69 Å². The van der Waals surface area contributed by atoms with Gasteiger partial charge in [0.25, 0.3) is 0 Å². The number of rotatable bonds is 3. The Kier molecular flexibility index (Phi) is 3.59. The predicted molar refractivity (Wildman–Crippen MR) is 72.0 cm³/mol. The maximum absolute atomic E-state index is 11.9. The third-order valence-corrected chi connectivity index (χ3v) is 2.93. The molecule has 0 heterocycles. The number of nitriles is 1. The number of carbonyl (C=O) groups is 1. The van der Waals surface area contributed by atoms with Crippen molar-refractivity contribution in [2.45, 2.75) is 13.3 Å². The molecule has 90 valence electrons. The zero-order valence-electron chi connectivity index (χ0n) is 10.2. The van der Waals surface area contributed by atoms with Gasteiger partial charge in [-0.3, -0.25) is 4.79 Å². The molecular weight excluding hydrogens is 224 g/mol. The van der Waals surface area contributed by atoms with Crippen molar-refractivity contribution in [2.75, 3.05) is 5.32 Å². The van der Waals surface area contributed by atoms with E-state index in [1.54, 1.807) is 0 Å². The van der Waals surface area contributed by atoms with Gasteiger partial charge in [-0.2, -0.15) is 5.26 Å². The summed E-state index contributed by atoms with van der Waals surface area (Å²) in [5.74, 6) is -0.833. The van der Waals surface area contributed by atoms with E-state index in [-0.39, 0.29) is 5.91 Å². The van der Waals surface area contributed by atoms with Gasteiger partial charge in [-0.25, -0.2) is 0 Å². The van der Waals surface area contributed by atoms with Crippen LogP contribution in [0.15, 0.2) is 42.5 Å². The molecule has 1 atom stereocenters. The third-order valence-electron chi connectivity index (χ3n) is 2.93. The third kappa shape index (κ3) is 2.33. The summed E-state index contributed by atoms with van der Waals surface area (Å²) in [4.78, 5) is 11.9. The van der Waals surface area contributed by atoms with E-state index in [2.05, 4.69) is 5.32 Å².